The molecule has 0 saturated carbocycles. The molecule has 2 nitrogen and oxygen atoms in total. The summed E-state index contributed by atoms with van der Waals surface area (Å²) in [6.07, 6.45) is 4.30. The van der Waals surface area contributed by atoms with Gasteiger partial charge in [0.15, 0.2) is 0 Å². The van der Waals surface area contributed by atoms with Gasteiger partial charge in [-0.2, -0.15) is 0 Å². The van der Waals surface area contributed by atoms with Gasteiger partial charge in [-0.05, 0) is 44.7 Å². The number of hydrogen-bond donors (Lipinski definition) is 0. The lowest BCUT2D eigenvalue weighted by atomic mass is 9.98. The molecule has 1 aliphatic rings. The van der Waals surface area contributed by atoms with Gasteiger partial charge in [0.1, 0.15) is 0 Å². The third-order valence-electron chi connectivity index (χ3n) is 3.63. The lowest BCUT2D eigenvalue weighted by Crippen LogP contribution is -2.43. The Hall–Kier alpha value is -1.02. The quantitative estimate of drug-likeness (QED) is 0.765. The molecule has 1 amide bonds. The highest BCUT2D eigenvalue weighted by molar-refractivity contribution is 6.17. The summed E-state index contributed by atoms with van der Waals surface area (Å²) < 4.78 is 0. The van der Waals surface area contributed by atoms with E-state index in [1.54, 1.807) is 0 Å². The van der Waals surface area contributed by atoms with Crippen LogP contribution in [0.1, 0.15) is 41.6 Å². The third-order valence-corrected chi connectivity index (χ3v) is 3.85. The molecule has 0 radical (unpaired) electrons. The molecule has 0 spiro atoms. The van der Waals surface area contributed by atoms with Gasteiger partial charge in [0, 0.05) is 24.0 Å². The summed E-state index contributed by atoms with van der Waals surface area (Å²) in [6, 6.07) is 8.15. The van der Waals surface area contributed by atoms with Gasteiger partial charge < -0.3 is 4.90 Å². The van der Waals surface area contributed by atoms with Crippen molar-refractivity contribution in [3.63, 3.8) is 0 Å². The Kier molecular flexibility index (Phi) is 4.65. The summed E-state index contributed by atoms with van der Waals surface area (Å²) in [5.74, 6) is 0.785. The van der Waals surface area contributed by atoms with Crippen molar-refractivity contribution >= 4 is 17.5 Å². The van der Waals surface area contributed by atoms with E-state index < -0.39 is 0 Å². The van der Waals surface area contributed by atoms with Crippen molar-refractivity contribution in [3.8, 4) is 0 Å². The zero-order valence-corrected chi connectivity index (χ0v) is 11.6. The number of carbonyl (C=O) groups excluding carboxylic acids is 1. The lowest BCUT2D eigenvalue weighted by molar-refractivity contribution is 0.0609. The molecule has 1 unspecified atom stereocenters. The van der Waals surface area contributed by atoms with Crippen molar-refractivity contribution in [2.24, 2.45) is 0 Å². The smallest absolute Gasteiger partial charge is 0.254 e. The van der Waals surface area contributed by atoms with Gasteiger partial charge in [0.25, 0.3) is 5.91 Å². The predicted octanol–water partition coefficient (Wildman–Crippen LogP) is 3.62. The molecule has 1 aromatic carbocycles. The Labute approximate surface area is 114 Å². The van der Waals surface area contributed by atoms with Crippen LogP contribution in [0.5, 0.6) is 0 Å². The van der Waals surface area contributed by atoms with Crippen molar-refractivity contribution in [3.05, 3.63) is 35.4 Å². The van der Waals surface area contributed by atoms with Crippen molar-refractivity contribution < 1.29 is 4.79 Å². The maximum absolute atomic E-state index is 12.5. The number of nitrogens with zero attached hydrogens (tertiary/aromatic N) is 1. The number of halogens is 1. The number of amides is 1. The van der Waals surface area contributed by atoms with E-state index in [2.05, 4.69) is 0 Å². The molecule has 1 saturated heterocycles. The molecule has 18 heavy (non-hydrogen) atoms. The average molecular weight is 266 g/mol. The standard InChI is InChI=1S/C15H20ClNO/c1-12-5-7-13(8-6-12)15(18)17-11-3-2-4-14(17)9-10-16/h5-8,14H,2-4,9-11H2,1H3. The van der Waals surface area contributed by atoms with Gasteiger partial charge in [-0.1, -0.05) is 17.7 Å². The van der Waals surface area contributed by atoms with Gasteiger partial charge in [-0.3, -0.25) is 4.79 Å². The van der Waals surface area contributed by atoms with Crippen molar-refractivity contribution in [2.45, 2.75) is 38.6 Å². The number of benzene rings is 1. The molecule has 0 bridgehead atoms. The number of likely N-dealkylation sites (tertiary alicyclic amines) is 1. The van der Waals surface area contributed by atoms with Crippen LogP contribution in [0.25, 0.3) is 0 Å². The van der Waals surface area contributed by atoms with E-state index in [0.717, 1.165) is 31.4 Å². The van der Waals surface area contributed by atoms with E-state index in [0.29, 0.717) is 11.9 Å². The zero-order chi connectivity index (χ0) is 13.0. The Morgan fingerprint density at radius 2 is 2.06 bits per heavy atom. The van der Waals surface area contributed by atoms with Crippen molar-refractivity contribution in [1.82, 2.24) is 4.90 Å². The fraction of sp³-hybridized carbons (Fsp3) is 0.533. The summed E-state index contributed by atoms with van der Waals surface area (Å²) in [5, 5.41) is 0. The maximum atomic E-state index is 12.5. The first-order chi connectivity index (χ1) is 8.72. The molecule has 2 rings (SSSR count). The first-order valence-corrected chi connectivity index (χ1v) is 7.19. The molecular formula is C15H20ClNO. The van der Waals surface area contributed by atoms with E-state index in [-0.39, 0.29) is 5.91 Å². The van der Waals surface area contributed by atoms with E-state index in [4.69, 9.17) is 11.6 Å². The largest absolute Gasteiger partial charge is 0.336 e. The van der Waals surface area contributed by atoms with Gasteiger partial charge in [-0.25, -0.2) is 0 Å². The molecule has 0 N–H and O–H groups in total. The lowest BCUT2D eigenvalue weighted by Gasteiger charge is -2.35. The molecule has 3 heteroatoms. The SMILES string of the molecule is Cc1ccc(C(=O)N2CCCCC2CCCl)cc1. The monoisotopic (exact) mass is 265 g/mol. The molecule has 1 aliphatic heterocycles. The van der Waals surface area contributed by atoms with Gasteiger partial charge >= 0.3 is 0 Å². The summed E-state index contributed by atoms with van der Waals surface area (Å²) in [7, 11) is 0. The van der Waals surface area contributed by atoms with Crippen LogP contribution < -0.4 is 0 Å². The second-order valence-electron chi connectivity index (χ2n) is 4.99. The minimum absolute atomic E-state index is 0.157. The van der Waals surface area contributed by atoms with Crippen LogP contribution in [0, 0.1) is 6.92 Å². The molecule has 1 fully saturated rings. The van der Waals surface area contributed by atoms with Crippen LogP contribution in [-0.2, 0) is 0 Å². The summed E-state index contributed by atoms with van der Waals surface area (Å²) in [4.78, 5) is 14.5. The van der Waals surface area contributed by atoms with Crippen molar-refractivity contribution in [2.75, 3.05) is 12.4 Å². The Balaban J connectivity index is 2.12. The first kappa shape index (κ1) is 13.4. The van der Waals surface area contributed by atoms with Crippen LogP contribution >= 0.6 is 11.6 Å². The molecule has 98 valence electrons. The van der Waals surface area contributed by atoms with Gasteiger partial charge in [0.2, 0.25) is 0 Å². The molecule has 1 aromatic rings. The molecule has 1 atom stereocenters. The third kappa shape index (κ3) is 3.05. The van der Waals surface area contributed by atoms with Crippen LogP contribution in [0.2, 0.25) is 0 Å². The number of piperidine rings is 1. The summed E-state index contributed by atoms with van der Waals surface area (Å²) in [5.41, 5.74) is 1.98. The van der Waals surface area contributed by atoms with Crippen LogP contribution in [-0.4, -0.2) is 29.3 Å². The fourth-order valence-electron chi connectivity index (χ4n) is 2.56. The minimum atomic E-state index is 0.157. The number of carbonyl (C=O) groups is 1. The minimum Gasteiger partial charge on any atom is -0.336 e. The number of rotatable bonds is 3. The van der Waals surface area contributed by atoms with Crippen LogP contribution in [0.3, 0.4) is 0 Å². The summed E-state index contributed by atoms with van der Waals surface area (Å²) >= 11 is 5.83. The number of hydrogen-bond acceptors (Lipinski definition) is 1. The molecule has 1 heterocycles. The molecule has 0 aromatic heterocycles. The van der Waals surface area contributed by atoms with E-state index >= 15 is 0 Å². The van der Waals surface area contributed by atoms with Gasteiger partial charge in [-0.15, -0.1) is 11.6 Å². The van der Waals surface area contributed by atoms with E-state index in [9.17, 15) is 4.79 Å². The second kappa shape index (κ2) is 6.24. The Morgan fingerprint density at radius 3 is 2.72 bits per heavy atom. The Morgan fingerprint density at radius 1 is 1.33 bits per heavy atom. The van der Waals surface area contributed by atoms with Crippen molar-refractivity contribution in [1.29, 1.82) is 0 Å². The topological polar surface area (TPSA) is 20.3 Å². The zero-order valence-electron chi connectivity index (χ0n) is 10.9. The number of alkyl halides is 1. The van der Waals surface area contributed by atoms with E-state index in [1.807, 2.05) is 36.1 Å². The predicted molar refractivity (Wildman–Crippen MR) is 75.2 cm³/mol. The van der Waals surface area contributed by atoms with E-state index in [1.165, 1.54) is 12.0 Å². The highest BCUT2D eigenvalue weighted by Gasteiger charge is 2.26. The normalized spacial score (nSPS) is 19.9. The second-order valence-corrected chi connectivity index (χ2v) is 5.37. The molecular weight excluding hydrogens is 246 g/mol. The van der Waals surface area contributed by atoms with Crippen LogP contribution in [0.4, 0.5) is 0 Å². The summed E-state index contributed by atoms with van der Waals surface area (Å²) in [6.45, 7) is 2.90. The highest BCUT2D eigenvalue weighted by Crippen LogP contribution is 2.22. The van der Waals surface area contributed by atoms with Gasteiger partial charge in [0.05, 0.1) is 0 Å². The number of aryl methyl sites for hydroxylation is 1. The Bertz CT molecular complexity index is 399. The maximum Gasteiger partial charge on any atom is 0.254 e. The first-order valence-electron chi connectivity index (χ1n) is 6.66. The van der Waals surface area contributed by atoms with Crippen LogP contribution in [0.15, 0.2) is 24.3 Å². The highest BCUT2D eigenvalue weighted by atomic mass is 35.5. The molecule has 0 aliphatic carbocycles. The fourth-order valence-corrected chi connectivity index (χ4v) is 2.81. The average Bonchev–Trinajstić information content (AvgIpc) is 2.40.